The van der Waals surface area contributed by atoms with Crippen molar-refractivity contribution >= 4 is 21.9 Å². The number of fused-ring (bicyclic) bond motifs is 1. The molecule has 0 unspecified atom stereocenters. The first-order chi connectivity index (χ1) is 12.9. The largest absolute Gasteiger partial charge is 1.00 e. The van der Waals surface area contributed by atoms with Crippen molar-refractivity contribution in [3.8, 4) is 22.8 Å². The number of amidine groups is 1. The summed E-state index contributed by atoms with van der Waals surface area (Å²) in [7, 11) is -0.700. The van der Waals surface area contributed by atoms with E-state index in [1.165, 1.54) is 7.05 Å². The molecule has 3 aromatic heterocycles. The predicted octanol–water partition coefficient (Wildman–Crippen LogP) is -2.57. The van der Waals surface area contributed by atoms with Crippen LogP contribution in [0, 0.1) is 0 Å². The Kier molecular flexibility index (Phi) is 5.30. The maximum atomic E-state index is 12.2. The van der Waals surface area contributed by atoms with E-state index in [1.807, 2.05) is 42.1 Å². The lowest BCUT2D eigenvalue weighted by Crippen LogP contribution is -3.00. The van der Waals surface area contributed by atoms with Gasteiger partial charge < -0.3 is 29.7 Å². The van der Waals surface area contributed by atoms with Crippen LogP contribution >= 0.6 is 0 Å². The molecule has 0 aliphatic carbocycles. The van der Waals surface area contributed by atoms with E-state index in [0.29, 0.717) is 17.1 Å². The summed E-state index contributed by atoms with van der Waals surface area (Å²) in [5.41, 5.74) is 8.39. The third-order valence-electron chi connectivity index (χ3n) is 4.18. The van der Waals surface area contributed by atoms with Crippen molar-refractivity contribution in [2.45, 2.75) is 0 Å². The number of pyridine rings is 2. The van der Waals surface area contributed by atoms with Gasteiger partial charge in [0.2, 0.25) is 5.69 Å². The molecule has 3 aromatic rings. The molecule has 144 valence electrons. The molecule has 0 fully saturated rings. The van der Waals surface area contributed by atoms with E-state index < -0.39 is 10.2 Å². The van der Waals surface area contributed by atoms with Crippen LogP contribution in [-0.4, -0.2) is 36.3 Å². The van der Waals surface area contributed by atoms with E-state index in [-0.39, 0.29) is 41.3 Å². The molecule has 4 rings (SSSR count). The number of anilines is 1. The van der Waals surface area contributed by atoms with E-state index >= 15 is 0 Å². The number of hydrogen-bond acceptors (Lipinski definition) is 6. The zero-order chi connectivity index (χ0) is 19.2. The van der Waals surface area contributed by atoms with Gasteiger partial charge in [0, 0.05) is 25.4 Å². The van der Waals surface area contributed by atoms with Gasteiger partial charge in [-0.05, 0) is 18.2 Å². The molecule has 0 radical (unpaired) electrons. The number of hydrogen-bond donors (Lipinski definition) is 1. The summed E-state index contributed by atoms with van der Waals surface area (Å²) in [6.07, 6.45) is 3.52. The monoisotopic (exact) mass is 509 g/mol. The van der Waals surface area contributed by atoms with Gasteiger partial charge in [-0.15, -0.1) is 4.40 Å². The number of aryl methyl sites for hydroxylation is 1. The van der Waals surface area contributed by atoms with Gasteiger partial charge >= 0.3 is 10.2 Å². The van der Waals surface area contributed by atoms with Gasteiger partial charge in [-0.1, -0.05) is 6.07 Å². The topological polar surface area (TPSA) is 118 Å². The molecule has 0 saturated heterocycles. The van der Waals surface area contributed by atoms with Crippen LogP contribution in [0.1, 0.15) is 5.69 Å². The van der Waals surface area contributed by atoms with Crippen LogP contribution in [0.2, 0.25) is 0 Å². The lowest BCUT2D eigenvalue weighted by atomic mass is 10.1. The van der Waals surface area contributed by atoms with Gasteiger partial charge in [0.1, 0.15) is 12.7 Å². The van der Waals surface area contributed by atoms with Gasteiger partial charge in [0.15, 0.2) is 29.2 Å². The zero-order valence-corrected chi connectivity index (χ0v) is 18.0. The van der Waals surface area contributed by atoms with Gasteiger partial charge in [0.25, 0.3) is 0 Å². The van der Waals surface area contributed by atoms with Crippen LogP contribution in [0.15, 0.2) is 53.2 Å². The number of halogens is 1. The average molecular weight is 509 g/mol. The van der Waals surface area contributed by atoms with Crippen LogP contribution in [0.5, 0.6) is 0 Å². The molecule has 4 heterocycles. The third-order valence-corrected chi connectivity index (χ3v) is 5.48. The van der Waals surface area contributed by atoms with Crippen molar-refractivity contribution < 1.29 is 37.0 Å². The van der Waals surface area contributed by atoms with E-state index in [9.17, 15) is 8.42 Å². The van der Waals surface area contributed by atoms with Crippen molar-refractivity contribution in [1.82, 2.24) is 15.0 Å². The number of aromatic nitrogens is 4. The average Bonchev–Trinajstić information content (AvgIpc) is 2.66. The molecule has 1 aliphatic heterocycles. The Morgan fingerprint density at radius 2 is 1.79 bits per heavy atom. The fourth-order valence-corrected chi connectivity index (χ4v) is 3.59. The second kappa shape index (κ2) is 7.39. The van der Waals surface area contributed by atoms with Crippen LogP contribution in [0.3, 0.4) is 0 Å². The van der Waals surface area contributed by atoms with Crippen molar-refractivity contribution in [3.05, 3.63) is 54.5 Å². The molecular formula is C17H16IN7O2S. The molecule has 0 atom stereocenters. The SMILES string of the molecule is CN1c2nc(-c3cccc[n+]3C)c(-c3ccccn3)nc2C(N)=NS1(=O)=O.[I-]. The maximum Gasteiger partial charge on any atom is 0.347 e. The Morgan fingerprint density at radius 1 is 1.04 bits per heavy atom. The normalized spacial score (nSPS) is 14.6. The standard InChI is InChI=1S/C17H16N7O2S.HI/c1-23-10-6-4-8-12(23)14-13(11-7-3-5-9-19-11)20-15-16(18)22-27(25,26)24(2)17(15)21-14;/h3-10H,1-2H3,(H2,18,22);1H/q+1;/p-1. The Bertz CT molecular complexity index is 1180. The van der Waals surface area contributed by atoms with E-state index in [4.69, 9.17) is 5.73 Å². The van der Waals surface area contributed by atoms with Crippen molar-refractivity contribution in [3.63, 3.8) is 0 Å². The quantitative estimate of drug-likeness (QED) is 0.300. The minimum Gasteiger partial charge on any atom is -1.00 e. The highest BCUT2D eigenvalue weighted by Gasteiger charge is 2.33. The number of nitrogens with two attached hydrogens (primary N) is 1. The van der Waals surface area contributed by atoms with Crippen LogP contribution in [0.4, 0.5) is 5.82 Å². The second-order valence-electron chi connectivity index (χ2n) is 5.93. The van der Waals surface area contributed by atoms with E-state index in [0.717, 1.165) is 10.00 Å². The molecule has 0 bridgehead atoms. The van der Waals surface area contributed by atoms with Crippen molar-refractivity contribution in [1.29, 1.82) is 0 Å². The summed E-state index contributed by atoms with van der Waals surface area (Å²) in [5.74, 6) is -0.0715. The number of rotatable bonds is 2. The fourth-order valence-electron chi connectivity index (χ4n) is 2.79. The predicted molar refractivity (Wildman–Crippen MR) is 99.9 cm³/mol. The Morgan fingerprint density at radius 3 is 2.46 bits per heavy atom. The van der Waals surface area contributed by atoms with Crippen LogP contribution in [0.25, 0.3) is 22.8 Å². The molecule has 28 heavy (non-hydrogen) atoms. The molecule has 11 heteroatoms. The molecule has 0 aromatic carbocycles. The second-order valence-corrected chi connectivity index (χ2v) is 7.55. The van der Waals surface area contributed by atoms with Gasteiger partial charge in [-0.25, -0.2) is 14.3 Å². The molecule has 0 spiro atoms. The first-order valence-corrected chi connectivity index (χ1v) is 9.41. The molecule has 0 saturated carbocycles. The van der Waals surface area contributed by atoms with Gasteiger partial charge in [-0.2, -0.15) is 13.0 Å². The summed E-state index contributed by atoms with van der Waals surface area (Å²) in [6, 6.07) is 11.1. The first kappa shape index (κ1) is 20.1. The smallest absolute Gasteiger partial charge is 0.347 e. The van der Waals surface area contributed by atoms with E-state index in [2.05, 4.69) is 19.3 Å². The minimum atomic E-state index is -3.94. The summed E-state index contributed by atoms with van der Waals surface area (Å²) in [6.45, 7) is 0. The Hall–Kier alpha value is -2.67. The Labute approximate surface area is 179 Å². The third kappa shape index (κ3) is 3.30. The highest BCUT2D eigenvalue weighted by atomic mass is 127. The molecular weight excluding hydrogens is 493 g/mol. The van der Waals surface area contributed by atoms with Crippen LogP contribution < -0.4 is 38.6 Å². The zero-order valence-electron chi connectivity index (χ0n) is 15.0. The van der Waals surface area contributed by atoms with E-state index in [1.54, 1.807) is 18.3 Å². The van der Waals surface area contributed by atoms with Crippen LogP contribution in [-0.2, 0) is 17.3 Å². The molecule has 9 nitrogen and oxygen atoms in total. The number of nitrogens with zero attached hydrogens (tertiary/aromatic N) is 6. The molecule has 2 N–H and O–H groups in total. The highest BCUT2D eigenvalue weighted by molar-refractivity contribution is 7.91. The maximum absolute atomic E-state index is 12.2. The lowest BCUT2D eigenvalue weighted by molar-refractivity contribution is -0.660. The highest BCUT2D eigenvalue weighted by Crippen LogP contribution is 2.32. The van der Waals surface area contributed by atoms with Gasteiger partial charge in [0.05, 0.1) is 5.69 Å². The summed E-state index contributed by atoms with van der Waals surface area (Å²) >= 11 is 0. The molecule has 0 amide bonds. The van der Waals surface area contributed by atoms with Gasteiger partial charge in [-0.3, -0.25) is 4.98 Å². The summed E-state index contributed by atoms with van der Waals surface area (Å²) in [4.78, 5) is 13.6. The lowest BCUT2D eigenvalue weighted by Gasteiger charge is -2.23. The summed E-state index contributed by atoms with van der Waals surface area (Å²) in [5, 5.41) is 0. The first-order valence-electron chi connectivity index (χ1n) is 8.01. The fraction of sp³-hybridized carbons (Fsp3) is 0.118. The molecule has 1 aliphatic rings. The summed E-state index contributed by atoms with van der Waals surface area (Å²) < 4.78 is 30.8. The minimum absolute atomic E-state index is 0. The Balaban J connectivity index is 0.00000225. The van der Waals surface area contributed by atoms with Crippen molar-refractivity contribution in [2.24, 2.45) is 17.2 Å². The van der Waals surface area contributed by atoms with Crippen molar-refractivity contribution in [2.75, 3.05) is 11.4 Å².